The zero-order valence-corrected chi connectivity index (χ0v) is 12.8. The predicted molar refractivity (Wildman–Crippen MR) is 88.7 cm³/mol. The monoisotopic (exact) mass is 321 g/mol. The Bertz CT molecular complexity index is 801. The van der Waals surface area contributed by atoms with Crippen LogP contribution in [-0.4, -0.2) is 23.5 Å². The van der Waals surface area contributed by atoms with Gasteiger partial charge in [-0.2, -0.15) is 5.26 Å². The van der Waals surface area contributed by atoms with Crippen molar-refractivity contribution in [3.8, 4) is 11.8 Å². The van der Waals surface area contributed by atoms with Crippen molar-refractivity contribution in [2.24, 2.45) is 0 Å². The summed E-state index contributed by atoms with van der Waals surface area (Å²) in [5, 5.41) is 17.3. The van der Waals surface area contributed by atoms with Gasteiger partial charge < -0.3 is 9.84 Å². The lowest BCUT2D eigenvalue weighted by Crippen LogP contribution is -2.04. The van der Waals surface area contributed by atoms with Gasteiger partial charge in [0.05, 0.1) is 24.7 Å². The minimum absolute atomic E-state index is 0.0722. The molecule has 0 atom stereocenters. The van der Waals surface area contributed by atoms with E-state index < -0.39 is 5.97 Å². The summed E-state index contributed by atoms with van der Waals surface area (Å²) in [4.78, 5) is 22.5. The topological polar surface area (TPSA) is 87.4 Å². The molecule has 24 heavy (non-hydrogen) atoms. The highest BCUT2D eigenvalue weighted by molar-refractivity contribution is 6.06. The van der Waals surface area contributed by atoms with Gasteiger partial charge in [-0.25, -0.2) is 0 Å². The first-order chi connectivity index (χ1) is 11.6. The number of hydrogen-bond donors (Lipinski definition) is 1. The first-order valence-corrected chi connectivity index (χ1v) is 7.26. The third kappa shape index (κ3) is 5.11. The maximum absolute atomic E-state index is 12.1. The molecule has 0 heterocycles. The van der Waals surface area contributed by atoms with E-state index in [9.17, 15) is 9.59 Å². The number of allylic oxidation sites excluding steroid dienone is 1. The summed E-state index contributed by atoms with van der Waals surface area (Å²) < 4.78 is 5.34. The number of carboxylic acids is 1. The van der Waals surface area contributed by atoms with Crippen LogP contribution in [0.25, 0.3) is 6.08 Å². The minimum atomic E-state index is -0.918. The summed E-state index contributed by atoms with van der Waals surface area (Å²) in [6.07, 6.45) is 3.03. The number of aliphatic carboxylic acids is 1. The van der Waals surface area contributed by atoms with Crippen LogP contribution in [0.2, 0.25) is 0 Å². The number of carbonyl (C=O) groups excluding carboxylic acids is 1. The average Bonchev–Trinajstić information content (AvgIpc) is 2.60. The molecule has 0 fully saturated rings. The molecule has 2 aromatic rings. The summed E-state index contributed by atoms with van der Waals surface area (Å²) in [7, 11) is 0. The molecule has 0 aliphatic heterocycles. The largest absolute Gasteiger partial charge is 0.493 e. The Hall–Kier alpha value is -3.39. The summed E-state index contributed by atoms with van der Waals surface area (Å²) >= 11 is 0. The first kappa shape index (κ1) is 17.0. The molecule has 0 aliphatic carbocycles. The van der Waals surface area contributed by atoms with E-state index in [0.717, 1.165) is 5.56 Å². The molecule has 5 nitrogen and oxygen atoms in total. The second-order valence-electron chi connectivity index (χ2n) is 4.95. The van der Waals surface area contributed by atoms with Crippen molar-refractivity contribution in [3.63, 3.8) is 0 Å². The Labute approximate surface area is 139 Å². The normalized spacial score (nSPS) is 10.3. The maximum Gasteiger partial charge on any atom is 0.306 e. The quantitative estimate of drug-likeness (QED) is 0.624. The highest BCUT2D eigenvalue weighted by Crippen LogP contribution is 2.15. The second kappa shape index (κ2) is 8.30. The number of ether oxygens (including phenoxy) is 1. The van der Waals surface area contributed by atoms with Crippen molar-refractivity contribution < 1.29 is 19.4 Å². The molecule has 2 rings (SSSR count). The van der Waals surface area contributed by atoms with Crippen LogP contribution in [0, 0.1) is 11.3 Å². The first-order valence-electron chi connectivity index (χ1n) is 7.26. The fourth-order valence-corrected chi connectivity index (χ4v) is 1.94. The zero-order chi connectivity index (χ0) is 17.4. The second-order valence-corrected chi connectivity index (χ2v) is 4.95. The number of rotatable bonds is 7. The summed E-state index contributed by atoms with van der Waals surface area (Å²) in [6.45, 7) is 0.0900. The SMILES string of the molecule is N#Cc1ccc(C(=O)C=Cc2cccc(OCCC(=O)O)c2)cc1. The molecular formula is C19H15NO4. The van der Waals surface area contributed by atoms with E-state index in [1.165, 1.54) is 6.08 Å². The minimum Gasteiger partial charge on any atom is -0.493 e. The zero-order valence-electron chi connectivity index (χ0n) is 12.8. The lowest BCUT2D eigenvalue weighted by atomic mass is 10.1. The van der Waals surface area contributed by atoms with Crippen LogP contribution in [0.5, 0.6) is 5.75 Å². The number of nitrogens with zero attached hydrogens (tertiary/aromatic N) is 1. The van der Waals surface area contributed by atoms with Gasteiger partial charge in [-0.1, -0.05) is 18.2 Å². The van der Waals surface area contributed by atoms with Gasteiger partial charge in [-0.3, -0.25) is 9.59 Å². The van der Waals surface area contributed by atoms with Crippen LogP contribution < -0.4 is 4.74 Å². The van der Waals surface area contributed by atoms with Gasteiger partial charge in [0.1, 0.15) is 5.75 Å². The number of hydrogen-bond acceptors (Lipinski definition) is 4. The fraction of sp³-hybridized carbons (Fsp3) is 0.105. The van der Waals surface area contributed by atoms with Gasteiger partial charge in [0, 0.05) is 5.56 Å². The summed E-state index contributed by atoms with van der Waals surface area (Å²) in [5.74, 6) is -0.542. The molecular weight excluding hydrogens is 306 g/mol. The molecule has 0 spiro atoms. The average molecular weight is 321 g/mol. The Kier molecular flexibility index (Phi) is 5.87. The lowest BCUT2D eigenvalue weighted by Gasteiger charge is -2.05. The van der Waals surface area contributed by atoms with E-state index in [4.69, 9.17) is 15.1 Å². The van der Waals surface area contributed by atoms with Crippen LogP contribution in [-0.2, 0) is 4.79 Å². The number of carboxylic acid groups (broad SMARTS) is 1. The van der Waals surface area contributed by atoms with Crippen molar-refractivity contribution in [2.75, 3.05) is 6.61 Å². The smallest absolute Gasteiger partial charge is 0.306 e. The fourth-order valence-electron chi connectivity index (χ4n) is 1.94. The number of carbonyl (C=O) groups is 2. The molecule has 0 saturated carbocycles. The highest BCUT2D eigenvalue weighted by Gasteiger charge is 2.02. The summed E-state index contributed by atoms with van der Waals surface area (Å²) in [6, 6.07) is 15.4. The lowest BCUT2D eigenvalue weighted by molar-refractivity contribution is -0.137. The van der Waals surface area contributed by atoms with Gasteiger partial charge in [0.2, 0.25) is 0 Å². The van der Waals surface area contributed by atoms with E-state index in [1.54, 1.807) is 48.5 Å². The molecule has 120 valence electrons. The predicted octanol–water partition coefficient (Wildman–Crippen LogP) is 3.31. The molecule has 0 saturated heterocycles. The third-order valence-electron chi connectivity index (χ3n) is 3.17. The van der Waals surface area contributed by atoms with Crippen LogP contribution in [0.3, 0.4) is 0 Å². The number of nitriles is 1. The van der Waals surface area contributed by atoms with Gasteiger partial charge in [-0.15, -0.1) is 0 Å². The molecule has 0 aliphatic rings. The van der Waals surface area contributed by atoms with Gasteiger partial charge >= 0.3 is 5.97 Å². The standard InChI is InChI=1S/C19H15NO4/c20-13-15-4-7-16(8-5-15)18(21)9-6-14-2-1-3-17(12-14)24-11-10-19(22)23/h1-9,12H,10-11H2,(H,22,23). The van der Waals surface area contributed by atoms with Gasteiger partial charge in [0.15, 0.2) is 5.78 Å². The molecule has 0 aromatic heterocycles. The van der Waals surface area contributed by atoms with E-state index in [-0.39, 0.29) is 18.8 Å². The molecule has 5 heteroatoms. The van der Waals surface area contributed by atoms with Gasteiger partial charge in [0.25, 0.3) is 0 Å². The summed E-state index contributed by atoms with van der Waals surface area (Å²) in [5.41, 5.74) is 1.77. The Morgan fingerprint density at radius 1 is 1.17 bits per heavy atom. The van der Waals surface area contributed by atoms with Crippen molar-refractivity contribution >= 4 is 17.8 Å². The van der Waals surface area contributed by atoms with E-state index in [1.807, 2.05) is 12.1 Å². The Balaban J connectivity index is 2.01. The van der Waals surface area contributed by atoms with Crippen LogP contribution in [0.4, 0.5) is 0 Å². The van der Waals surface area contributed by atoms with Crippen LogP contribution in [0.15, 0.2) is 54.6 Å². The van der Waals surface area contributed by atoms with Crippen molar-refractivity contribution in [1.29, 1.82) is 5.26 Å². The molecule has 0 radical (unpaired) electrons. The van der Waals surface area contributed by atoms with E-state index in [0.29, 0.717) is 16.9 Å². The van der Waals surface area contributed by atoms with E-state index in [2.05, 4.69) is 0 Å². The molecule has 2 aromatic carbocycles. The van der Waals surface area contributed by atoms with Gasteiger partial charge in [-0.05, 0) is 48.0 Å². The Morgan fingerprint density at radius 3 is 2.58 bits per heavy atom. The molecule has 0 unspecified atom stereocenters. The highest BCUT2D eigenvalue weighted by atomic mass is 16.5. The maximum atomic E-state index is 12.1. The molecule has 1 N–H and O–H groups in total. The third-order valence-corrected chi connectivity index (χ3v) is 3.17. The molecule has 0 bridgehead atoms. The van der Waals surface area contributed by atoms with Crippen LogP contribution >= 0.6 is 0 Å². The van der Waals surface area contributed by atoms with E-state index >= 15 is 0 Å². The molecule has 0 amide bonds. The van der Waals surface area contributed by atoms with Crippen molar-refractivity contribution in [2.45, 2.75) is 6.42 Å². The number of ketones is 1. The van der Waals surface area contributed by atoms with Crippen molar-refractivity contribution in [1.82, 2.24) is 0 Å². The number of benzene rings is 2. The van der Waals surface area contributed by atoms with Crippen molar-refractivity contribution in [3.05, 3.63) is 71.3 Å². The van der Waals surface area contributed by atoms with Crippen LogP contribution in [0.1, 0.15) is 27.9 Å². The Morgan fingerprint density at radius 2 is 1.92 bits per heavy atom.